The van der Waals surface area contributed by atoms with Gasteiger partial charge in [-0.25, -0.2) is 4.39 Å². The predicted octanol–water partition coefficient (Wildman–Crippen LogP) is 3.69. The van der Waals surface area contributed by atoms with Crippen molar-refractivity contribution < 1.29 is 9.18 Å². The van der Waals surface area contributed by atoms with Crippen molar-refractivity contribution in [2.24, 2.45) is 0 Å². The van der Waals surface area contributed by atoms with E-state index < -0.39 is 5.92 Å². The fourth-order valence-electron chi connectivity index (χ4n) is 1.67. The summed E-state index contributed by atoms with van der Waals surface area (Å²) in [6.07, 6.45) is 0. The fourth-order valence-corrected chi connectivity index (χ4v) is 2.44. The molecule has 0 aliphatic carbocycles. The molecule has 4 heteroatoms. The first-order valence-electron chi connectivity index (χ1n) is 5.37. The van der Waals surface area contributed by atoms with Crippen LogP contribution in [0.3, 0.4) is 0 Å². The van der Waals surface area contributed by atoms with Crippen molar-refractivity contribution >= 4 is 17.1 Å². The zero-order chi connectivity index (χ0) is 13.1. The molecule has 0 aliphatic heterocycles. The van der Waals surface area contributed by atoms with Gasteiger partial charge in [-0.05, 0) is 42.1 Å². The summed E-state index contributed by atoms with van der Waals surface area (Å²) in [5.74, 6) is -1.45. The Bertz CT molecular complexity index is 613. The summed E-state index contributed by atoms with van der Waals surface area (Å²) in [5.41, 5.74) is 0.776. The average molecular weight is 259 g/mol. The lowest BCUT2D eigenvalue weighted by Crippen LogP contribution is -2.10. The van der Waals surface area contributed by atoms with Gasteiger partial charge < -0.3 is 0 Å². The Morgan fingerprint density at radius 2 is 2.22 bits per heavy atom. The van der Waals surface area contributed by atoms with Gasteiger partial charge in [0.1, 0.15) is 11.7 Å². The highest BCUT2D eigenvalue weighted by Gasteiger charge is 2.22. The molecule has 2 rings (SSSR count). The van der Waals surface area contributed by atoms with Crippen LogP contribution in [0.25, 0.3) is 0 Å². The second-order valence-electron chi connectivity index (χ2n) is 3.91. The van der Waals surface area contributed by atoms with Crippen LogP contribution in [-0.2, 0) is 0 Å². The molecule has 0 bridgehead atoms. The molecule has 0 spiro atoms. The summed E-state index contributed by atoms with van der Waals surface area (Å²) in [6.45, 7) is 1.60. The highest BCUT2D eigenvalue weighted by atomic mass is 32.1. The van der Waals surface area contributed by atoms with Gasteiger partial charge in [0.2, 0.25) is 0 Å². The molecule has 18 heavy (non-hydrogen) atoms. The molecule has 0 amide bonds. The Labute approximate surface area is 108 Å². The Morgan fingerprint density at radius 1 is 1.44 bits per heavy atom. The smallest absolute Gasteiger partial charge is 0.185 e. The number of aryl methyl sites for hydroxylation is 1. The first kappa shape index (κ1) is 12.5. The number of rotatable bonds is 3. The number of nitrogens with zero attached hydrogens (tertiary/aromatic N) is 1. The molecule has 1 aromatic carbocycles. The highest BCUT2D eigenvalue weighted by molar-refractivity contribution is 7.10. The third-order valence-electron chi connectivity index (χ3n) is 2.66. The minimum absolute atomic E-state index is 0.289. The summed E-state index contributed by atoms with van der Waals surface area (Å²) in [5, 5.41) is 10.9. The molecule has 1 heterocycles. The van der Waals surface area contributed by atoms with Gasteiger partial charge in [-0.1, -0.05) is 6.07 Å². The van der Waals surface area contributed by atoms with Crippen molar-refractivity contribution in [3.8, 4) is 6.07 Å². The lowest BCUT2D eigenvalue weighted by Gasteiger charge is -2.07. The van der Waals surface area contributed by atoms with Crippen LogP contribution in [0.4, 0.5) is 4.39 Å². The summed E-state index contributed by atoms with van der Waals surface area (Å²) in [6, 6.07) is 9.72. The summed E-state index contributed by atoms with van der Waals surface area (Å²) in [7, 11) is 0. The van der Waals surface area contributed by atoms with Gasteiger partial charge in [-0.15, -0.1) is 11.3 Å². The van der Waals surface area contributed by atoms with Gasteiger partial charge in [0, 0.05) is 10.4 Å². The minimum Gasteiger partial charge on any atom is -0.292 e. The molecule has 0 fully saturated rings. The van der Waals surface area contributed by atoms with Crippen LogP contribution in [0.15, 0.2) is 35.7 Å². The van der Waals surface area contributed by atoms with Crippen LogP contribution in [0.5, 0.6) is 0 Å². The highest BCUT2D eigenvalue weighted by Crippen LogP contribution is 2.25. The maximum absolute atomic E-state index is 13.1. The van der Waals surface area contributed by atoms with Gasteiger partial charge in [-0.2, -0.15) is 5.26 Å². The van der Waals surface area contributed by atoms with E-state index in [4.69, 9.17) is 5.26 Å². The van der Waals surface area contributed by atoms with Gasteiger partial charge in [0.05, 0.1) is 6.07 Å². The predicted molar refractivity (Wildman–Crippen MR) is 68.1 cm³/mol. The molecule has 1 unspecified atom stereocenters. The Kier molecular flexibility index (Phi) is 3.54. The molecule has 0 aliphatic rings. The fraction of sp³-hybridized carbons (Fsp3) is 0.143. The lowest BCUT2D eigenvalue weighted by atomic mass is 9.96. The normalized spacial score (nSPS) is 11.8. The number of hydrogen-bond acceptors (Lipinski definition) is 3. The number of carbonyl (C=O) groups is 1. The maximum atomic E-state index is 13.1. The third kappa shape index (κ3) is 2.31. The van der Waals surface area contributed by atoms with E-state index in [0.717, 1.165) is 0 Å². The monoisotopic (exact) mass is 259 g/mol. The van der Waals surface area contributed by atoms with E-state index in [-0.39, 0.29) is 11.6 Å². The van der Waals surface area contributed by atoms with Crippen molar-refractivity contribution in [2.75, 3.05) is 0 Å². The number of carbonyl (C=O) groups excluding carboxylic acids is 1. The molecule has 0 N–H and O–H groups in total. The zero-order valence-corrected chi connectivity index (χ0v) is 10.5. The SMILES string of the molecule is Cc1cc(C(=O)C(C#N)c2cccs2)ccc1F. The Hall–Kier alpha value is -1.99. The van der Waals surface area contributed by atoms with Gasteiger partial charge in [-0.3, -0.25) is 4.79 Å². The number of benzene rings is 1. The van der Waals surface area contributed by atoms with Crippen LogP contribution in [0, 0.1) is 24.1 Å². The Balaban J connectivity index is 2.36. The van der Waals surface area contributed by atoms with Crippen LogP contribution in [0.1, 0.15) is 26.7 Å². The molecule has 2 nitrogen and oxygen atoms in total. The molecule has 0 saturated heterocycles. The molecule has 1 aromatic heterocycles. The molecule has 0 saturated carbocycles. The topological polar surface area (TPSA) is 40.9 Å². The zero-order valence-electron chi connectivity index (χ0n) is 9.68. The quantitative estimate of drug-likeness (QED) is 0.789. The molecule has 1 atom stereocenters. The van der Waals surface area contributed by atoms with Crippen LogP contribution in [0.2, 0.25) is 0 Å². The first-order valence-corrected chi connectivity index (χ1v) is 6.25. The van der Waals surface area contributed by atoms with Crippen molar-refractivity contribution in [3.05, 3.63) is 57.5 Å². The molecule has 0 radical (unpaired) electrons. The molecular weight excluding hydrogens is 249 g/mol. The van der Waals surface area contributed by atoms with E-state index >= 15 is 0 Å². The minimum atomic E-state index is -0.810. The second-order valence-corrected chi connectivity index (χ2v) is 4.89. The van der Waals surface area contributed by atoms with E-state index in [0.29, 0.717) is 16.0 Å². The summed E-state index contributed by atoms with van der Waals surface area (Å²) < 4.78 is 13.1. The third-order valence-corrected chi connectivity index (χ3v) is 3.60. The maximum Gasteiger partial charge on any atom is 0.185 e. The Morgan fingerprint density at radius 3 is 2.78 bits per heavy atom. The summed E-state index contributed by atoms with van der Waals surface area (Å²) in [4.78, 5) is 12.9. The van der Waals surface area contributed by atoms with E-state index in [1.54, 1.807) is 19.1 Å². The van der Waals surface area contributed by atoms with Crippen LogP contribution in [-0.4, -0.2) is 5.78 Å². The molecule has 2 aromatic rings. The van der Waals surface area contributed by atoms with Crippen molar-refractivity contribution in [2.45, 2.75) is 12.8 Å². The number of Topliss-reactive ketones (excluding diaryl/α,β-unsaturated/α-hetero) is 1. The number of hydrogen-bond donors (Lipinski definition) is 0. The van der Waals surface area contributed by atoms with Crippen molar-refractivity contribution in [1.82, 2.24) is 0 Å². The largest absolute Gasteiger partial charge is 0.292 e. The van der Waals surface area contributed by atoms with Crippen molar-refractivity contribution in [3.63, 3.8) is 0 Å². The number of halogens is 1. The van der Waals surface area contributed by atoms with E-state index in [1.807, 2.05) is 11.4 Å². The second kappa shape index (κ2) is 5.11. The number of ketones is 1. The van der Waals surface area contributed by atoms with E-state index in [9.17, 15) is 9.18 Å². The summed E-state index contributed by atoms with van der Waals surface area (Å²) >= 11 is 1.37. The van der Waals surface area contributed by atoms with E-state index in [1.165, 1.54) is 29.5 Å². The van der Waals surface area contributed by atoms with Crippen LogP contribution < -0.4 is 0 Å². The average Bonchev–Trinajstić information content (AvgIpc) is 2.87. The molecular formula is C14H10FNOS. The van der Waals surface area contributed by atoms with Crippen LogP contribution >= 0.6 is 11.3 Å². The standard InChI is InChI=1S/C14H10FNOS/c1-9-7-10(4-5-12(9)15)14(17)11(8-16)13-3-2-6-18-13/h2-7,11H,1H3. The van der Waals surface area contributed by atoms with Gasteiger partial charge in [0.25, 0.3) is 0 Å². The lowest BCUT2D eigenvalue weighted by molar-refractivity contribution is 0.0980. The molecule has 90 valence electrons. The van der Waals surface area contributed by atoms with Gasteiger partial charge in [0.15, 0.2) is 5.78 Å². The van der Waals surface area contributed by atoms with E-state index in [2.05, 4.69) is 0 Å². The van der Waals surface area contributed by atoms with Crippen molar-refractivity contribution in [1.29, 1.82) is 5.26 Å². The number of nitriles is 1. The van der Waals surface area contributed by atoms with Gasteiger partial charge >= 0.3 is 0 Å². The number of thiophene rings is 1. The first-order chi connectivity index (χ1) is 8.63.